The fourth-order valence-electron chi connectivity index (χ4n) is 4.90. The first-order valence-electron chi connectivity index (χ1n) is 16.7. The molecule has 40 heavy (non-hydrogen) atoms. The third kappa shape index (κ3) is 26.4. The lowest BCUT2D eigenvalue weighted by Gasteiger charge is -2.25. The van der Waals surface area contributed by atoms with Crippen LogP contribution in [0.1, 0.15) is 162 Å². The first kappa shape index (κ1) is 39.5. The fourth-order valence-corrected chi connectivity index (χ4v) is 5.66. The van der Waals surface area contributed by atoms with Crippen molar-refractivity contribution in [2.24, 2.45) is 5.73 Å². The van der Waals surface area contributed by atoms with Gasteiger partial charge in [-0.25, -0.2) is 4.57 Å². The molecule has 0 fully saturated rings. The normalized spacial score (nSPS) is 14.6. The Labute approximate surface area is 246 Å². The number of carbonyl (C=O) groups excluding carboxylic acids is 1. The summed E-state index contributed by atoms with van der Waals surface area (Å²) in [5, 5.41) is 13.6. The second-order valence-corrected chi connectivity index (χ2v) is 12.8. The molecule has 0 aliphatic heterocycles. The van der Waals surface area contributed by atoms with Crippen molar-refractivity contribution < 1.29 is 28.4 Å². The van der Waals surface area contributed by atoms with Crippen molar-refractivity contribution in [1.29, 1.82) is 0 Å². The van der Waals surface area contributed by atoms with Crippen molar-refractivity contribution in [3.05, 3.63) is 0 Å². The molecule has 8 nitrogen and oxygen atoms in total. The Morgan fingerprint density at radius 2 is 1.15 bits per heavy atom. The van der Waals surface area contributed by atoms with Crippen LogP contribution in [0.5, 0.6) is 0 Å². The van der Waals surface area contributed by atoms with Gasteiger partial charge in [-0.15, -0.1) is 0 Å². The van der Waals surface area contributed by atoms with Crippen molar-refractivity contribution in [2.45, 2.75) is 174 Å². The number of rotatable bonds is 31. The number of aliphatic hydroxyl groups excluding tert-OH is 1. The molecule has 0 spiro atoms. The smallest absolute Gasteiger partial charge is 0.391 e. The number of nitrogens with one attached hydrogen (secondary N) is 1. The number of nitrogens with two attached hydrogens (primary N) is 1. The summed E-state index contributed by atoms with van der Waals surface area (Å²) in [4.78, 5) is 22.5. The van der Waals surface area contributed by atoms with Gasteiger partial charge in [0, 0.05) is 13.0 Å². The Morgan fingerprint density at radius 3 is 1.60 bits per heavy atom. The van der Waals surface area contributed by atoms with Crippen LogP contribution in [0.2, 0.25) is 0 Å². The molecule has 1 amide bonds. The highest BCUT2D eigenvalue weighted by molar-refractivity contribution is 7.47. The topological polar surface area (TPSA) is 131 Å². The molecule has 0 aromatic heterocycles. The first-order valence-corrected chi connectivity index (χ1v) is 18.1. The number of unbranched alkanes of at least 4 members (excludes halogenated alkanes) is 19. The highest BCUT2D eigenvalue weighted by Gasteiger charge is 2.27. The molecule has 0 aliphatic rings. The third-order valence-corrected chi connectivity index (χ3v) is 8.45. The molecule has 0 heterocycles. The van der Waals surface area contributed by atoms with Crippen LogP contribution in [-0.2, 0) is 18.4 Å². The van der Waals surface area contributed by atoms with Gasteiger partial charge in [-0.3, -0.25) is 13.8 Å². The number of aliphatic hydroxyl groups is 1. The quantitative estimate of drug-likeness (QED) is 0.0475. The van der Waals surface area contributed by atoms with Gasteiger partial charge in [0.1, 0.15) is 0 Å². The van der Waals surface area contributed by atoms with Crippen LogP contribution < -0.4 is 11.1 Å². The maximum Gasteiger partial charge on any atom is 0.472 e. The maximum absolute atomic E-state index is 12.6. The minimum Gasteiger partial charge on any atom is -0.391 e. The largest absolute Gasteiger partial charge is 0.472 e. The SMILES string of the molecule is CCCCCCCCCCCCCCC(=O)N[C@@H](COP(=O)(O)OCCN)[C@H](O)CCCCCCCCCCC. The van der Waals surface area contributed by atoms with E-state index < -0.39 is 20.0 Å². The molecule has 240 valence electrons. The molecule has 1 unspecified atom stereocenters. The van der Waals surface area contributed by atoms with Gasteiger partial charge in [-0.2, -0.15) is 0 Å². The van der Waals surface area contributed by atoms with Gasteiger partial charge in [0.25, 0.3) is 0 Å². The standard InChI is InChI=1S/C31H65N2O6P/c1-3-5-7-9-11-13-14-15-17-19-21-23-25-31(35)33-29(28-39-40(36,37)38-27-26-32)30(34)24-22-20-18-16-12-10-8-6-4-2/h29-30,34H,3-28,32H2,1-2H3,(H,33,35)(H,36,37)/t29-,30+/m0/s1. The number of phosphoric ester groups is 1. The zero-order valence-electron chi connectivity index (χ0n) is 26.1. The van der Waals surface area contributed by atoms with Crippen molar-refractivity contribution in [2.75, 3.05) is 19.8 Å². The van der Waals surface area contributed by atoms with Gasteiger partial charge in [0.2, 0.25) is 5.91 Å². The monoisotopic (exact) mass is 592 g/mol. The van der Waals surface area contributed by atoms with Gasteiger partial charge < -0.3 is 21.1 Å². The van der Waals surface area contributed by atoms with E-state index in [0.717, 1.165) is 38.5 Å². The zero-order chi connectivity index (χ0) is 29.7. The number of amides is 1. The summed E-state index contributed by atoms with van der Waals surface area (Å²) in [6, 6.07) is -0.763. The molecular formula is C31H65N2O6P. The van der Waals surface area contributed by atoms with Crippen molar-refractivity contribution in [1.82, 2.24) is 5.32 Å². The molecule has 0 saturated carbocycles. The van der Waals surface area contributed by atoms with E-state index in [2.05, 4.69) is 19.2 Å². The van der Waals surface area contributed by atoms with E-state index in [4.69, 9.17) is 14.8 Å². The van der Waals surface area contributed by atoms with Crippen molar-refractivity contribution >= 4 is 13.7 Å². The highest BCUT2D eigenvalue weighted by Crippen LogP contribution is 2.43. The lowest BCUT2D eigenvalue weighted by atomic mass is 10.0. The third-order valence-electron chi connectivity index (χ3n) is 7.46. The first-order chi connectivity index (χ1) is 19.4. The molecule has 5 N–H and O–H groups in total. The predicted molar refractivity (Wildman–Crippen MR) is 166 cm³/mol. The second-order valence-electron chi connectivity index (χ2n) is 11.4. The number of phosphoric acid groups is 1. The summed E-state index contributed by atoms with van der Waals surface area (Å²) in [5.74, 6) is -0.164. The summed E-state index contributed by atoms with van der Waals surface area (Å²) in [6.45, 7) is 4.16. The van der Waals surface area contributed by atoms with Gasteiger partial charge >= 0.3 is 7.82 Å². The van der Waals surface area contributed by atoms with E-state index >= 15 is 0 Å². The van der Waals surface area contributed by atoms with E-state index in [-0.39, 0.29) is 25.7 Å². The van der Waals surface area contributed by atoms with Gasteiger partial charge in [-0.05, 0) is 12.8 Å². The minimum absolute atomic E-state index is 0.0916. The Morgan fingerprint density at radius 1 is 0.725 bits per heavy atom. The number of hydrogen-bond donors (Lipinski definition) is 4. The molecule has 3 atom stereocenters. The second kappa shape index (κ2) is 28.6. The van der Waals surface area contributed by atoms with Crippen LogP contribution >= 0.6 is 7.82 Å². The molecule has 0 aliphatic carbocycles. The average Bonchev–Trinajstić information content (AvgIpc) is 2.93. The minimum atomic E-state index is -4.29. The summed E-state index contributed by atoms with van der Waals surface area (Å²) in [6.07, 6.45) is 25.3. The molecule has 9 heteroatoms. The van der Waals surface area contributed by atoms with E-state index in [1.54, 1.807) is 0 Å². The van der Waals surface area contributed by atoms with Crippen LogP contribution in [0.15, 0.2) is 0 Å². The maximum atomic E-state index is 12.6. The van der Waals surface area contributed by atoms with Crippen molar-refractivity contribution in [3.8, 4) is 0 Å². The van der Waals surface area contributed by atoms with Crippen LogP contribution in [0.4, 0.5) is 0 Å². The molecule has 0 saturated heterocycles. The zero-order valence-corrected chi connectivity index (χ0v) is 27.0. The molecule has 0 aromatic rings. The fraction of sp³-hybridized carbons (Fsp3) is 0.968. The Balaban J connectivity index is 4.30. The van der Waals surface area contributed by atoms with E-state index in [0.29, 0.717) is 12.8 Å². The number of hydrogen-bond acceptors (Lipinski definition) is 6. The van der Waals surface area contributed by atoms with Gasteiger partial charge in [0.15, 0.2) is 0 Å². The summed E-state index contributed by atoms with van der Waals surface area (Å²) in [7, 11) is -4.29. The van der Waals surface area contributed by atoms with E-state index in [9.17, 15) is 19.4 Å². The van der Waals surface area contributed by atoms with Gasteiger partial charge in [0.05, 0.1) is 25.4 Å². The molecule has 0 bridgehead atoms. The van der Waals surface area contributed by atoms with Crippen LogP contribution in [0.25, 0.3) is 0 Å². The van der Waals surface area contributed by atoms with Crippen LogP contribution in [0.3, 0.4) is 0 Å². The van der Waals surface area contributed by atoms with E-state index in [1.165, 1.54) is 96.3 Å². The number of carbonyl (C=O) groups is 1. The summed E-state index contributed by atoms with van der Waals surface area (Å²) >= 11 is 0. The molecule has 0 aromatic carbocycles. The summed E-state index contributed by atoms with van der Waals surface area (Å²) < 4.78 is 21.9. The molecule has 0 radical (unpaired) electrons. The average molecular weight is 593 g/mol. The van der Waals surface area contributed by atoms with Crippen molar-refractivity contribution in [3.63, 3.8) is 0 Å². The Bertz CT molecular complexity index is 610. The predicted octanol–water partition coefficient (Wildman–Crippen LogP) is 7.94. The van der Waals surface area contributed by atoms with Gasteiger partial charge in [-0.1, -0.05) is 142 Å². The lowest BCUT2D eigenvalue weighted by molar-refractivity contribution is -0.123. The van der Waals surface area contributed by atoms with Crippen LogP contribution in [-0.4, -0.2) is 47.8 Å². The van der Waals surface area contributed by atoms with Crippen LogP contribution in [0, 0.1) is 0 Å². The molecule has 0 rings (SSSR count). The Hall–Kier alpha value is -0.500. The lowest BCUT2D eigenvalue weighted by Crippen LogP contribution is -2.46. The van der Waals surface area contributed by atoms with E-state index in [1.807, 2.05) is 0 Å². The highest BCUT2D eigenvalue weighted by atomic mass is 31.2. The Kier molecular flexibility index (Phi) is 28.3. The molecular weight excluding hydrogens is 527 g/mol. The summed E-state index contributed by atoms with van der Waals surface area (Å²) in [5.41, 5.74) is 5.33.